The monoisotopic (exact) mass is 396 g/mol. The molecule has 156 valence electrons. The highest BCUT2D eigenvalue weighted by Gasteiger charge is 2.23. The van der Waals surface area contributed by atoms with Crippen LogP contribution in [0.25, 0.3) is 0 Å². The zero-order valence-corrected chi connectivity index (χ0v) is 17.2. The molecule has 5 heteroatoms. The molecule has 2 N–H and O–H groups in total. The number of hydrogen-bond acceptors (Lipinski definition) is 4. The van der Waals surface area contributed by atoms with Crippen molar-refractivity contribution >= 4 is 5.91 Å². The molecule has 29 heavy (non-hydrogen) atoms. The van der Waals surface area contributed by atoms with Gasteiger partial charge in [-0.15, -0.1) is 0 Å². The highest BCUT2D eigenvalue weighted by atomic mass is 16.5. The van der Waals surface area contributed by atoms with E-state index in [0.717, 1.165) is 43.4 Å². The standard InChI is InChI=1S/C24H32N2O3/c1-2-9-22(19-10-4-3-5-11-19)25-24(28)18-26(17-21-13-8-15-29-21)16-20-12-6-7-14-23(20)27/h3-7,10-12,14,21-22,27H,2,8-9,13,15-18H2,1H3,(H,25,28). The predicted octanol–water partition coefficient (Wildman–Crippen LogP) is 4.03. The fourth-order valence-corrected chi connectivity index (χ4v) is 3.89. The molecule has 1 fully saturated rings. The molecule has 1 aliphatic rings. The van der Waals surface area contributed by atoms with Crippen molar-refractivity contribution < 1.29 is 14.6 Å². The van der Waals surface area contributed by atoms with Crippen molar-refractivity contribution in [3.8, 4) is 5.75 Å². The van der Waals surface area contributed by atoms with E-state index in [1.54, 1.807) is 6.07 Å². The van der Waals surface area contributed by atoms with Gasteiger partial charge in [-0.2, -0.15) is 0 Å². The predicted molar refractivity (Wildman–Crippen MR) is 115 cm³/mol. The molecule has 0 radical (unpaired) electrons. The summed E-state index contributed by atoms with van der Waals surface area (Å²) >= 11 is 0. The van der Waals surface area contributed by atoms with Gasteiger partial charge in [-0.05, 0) is 30.9 Å². The van der Waals surface area contributed by atoms with E-state index in [-0.39, 0.29) is 30.3 Å². The Morgan fingerprint density at radius 3 is 2.66 bits per heavy atom. The number of amides is 1. The van der Waals surface area contributed by atoms with Crippen molar-refractivity contribution in [2.45, 2.75) is 51.3 Å². The van der Waals surface area contributed by atoms with Crippen molar-refractivity contribution in [3.05, 3.63) is 65.7 Å². The molecule has 2 aromatic carbocycles. The van der Waals surface area contributed by atoms with Crippen LogP contribution in [-0.2, 0) is 16.1 Å². The minimum atomic E-state index is 0.000668. The lowest BCUT2D eigenvalue weighted by Crippen LogP contribution is -2.41. The molecule has 1 aliphatic heterocycles. The van der Waals surface area contributed by atoms with Gasteiger partial charge in [-0.3, -0.25) is 9.69 Å². The van der Waals surface area contributed by atoms with Crippen molar-refractivity contribution in [2.24, 2.45) is 0 Å². The molecule has 5 nitrogen and oxygen atoms in total. The Labute approximate surface area is 173 Å². The molecule has 3 rings (SSSR count). The summed E-state index contributed by atoms with van der Waals surface area (Å²) in [6, 6.07) is 17.5. The molecule has 1 saturated heterocycles. The van der Waals surface area contributed by atoms with Crippen LogP contribution in [0.3, 0.4) is 0 Å². The number of rotatable bonds is 10. The first-order chi connectivity index (χ1) is 14.2. The molecule has 1 amide bonds. The van der Waals surface area contributed by atoms with Gasteiger partial charge in [-0.1, -0.05) is 61.9 Å². The number of nitrogens with one attached hydrogen (secondary N) is 1. The van der Waals surface area contributed by atoms with Crippen molar-refractivity contribution in [3.63, 3.8) is 0 Å². The summed E-state index contributed by atoms with van der Waals surface area (Å²) in [4.78, 5) is 15.0. The number of nitrogens with zero attached hydrogens (tertiary/aromatic N) is 1. The summed E-state index contributed by atoms with van der Waals surface area (Å²) in [5, 5.41) is 13.4. The van der Waals surface area contributed by atoms with Crippen molar-refractivity contribution in [2.75, 3.05) is 19.7 Å². The van der Waals surface area contributed by atoms with E-state index in [2.05, 4.69) is 29.3 Å². The lowest BCUT2D eigenvalue weighted by atomic mass is 10.0. The maximum absolute atomic E-state index is 12.9. The van der Waals surface area contributed by atoms with E-state index in [9.17, 15) is 9.90 Å². The zero-order valence-electron chi connectivity index (χ0n) is 17.2. The first-order valence-corrected chi connectivity index (χ1v) is 10.6. The van der Waals surface area contributed by atoms with Gasteiger partial charge >= 0.3 is 0 Å². The van der Waals surface area contributed by atoms with Gasteiger partial charge in [-0.25, -0.2) is 0 Å². The highest BCUT2D eigenvalue weighted by molar-refractivity contribution is 5.78. The minimum absolute atomic E-state index is 0.000668. The number of benzene rings is 2. The average Bonchev–Trinajstić information content (AvgIpc) is 3.23. The molecule has 2 aromatic rings. The second-order valence-corrected chi connectivity index (χ2v) is 7.75. The van der Waals surface area contributed by atoms with Gasteiger partial charge in [0.1, 0.15) is 5.75 Å². The molecule has 0 aliphatic carbocycles. The third kappa shape index (κ3) is 6.58. The second-order valence-electron chi connectivity index (χ2n) is 7.75. The molecule has 1 heterocycles. The lowest BCUT2D eigenvalue weighted by Gasteiger charge is -2.26. The summed E-state index contributed by atoms with van der Waals surface area (Å²) in [5.41, 5.74) is 1.96. The number of aromatic hydroxyl groups is 1. The van der Waals surface area contributed by atoms with Crippen LogP contribution in [0.4, 0.5) is 0 Å². The number of ether oxygens (including phenoxy) is 1. The van der Waals surface area contributed by atoms with Gasteiger partial charge in [0.2, 0.25) is 5.91 Å². The Morgan fingerprint density at radius 1 is 1.21 bits per heavy atom. The second kappa shape index (κ2) is 11.0. The third-order valence-electron chi connectivity index (χ3n) is 5.35. The first-order valence-electron chi connectivity index (χ1n) is 10.6. The molecular weight excluding hydrogens is 364 g/mol. The quantitative estimate of drug-likeness (QED) is 0.636. The van der Waals surface area contributed by atoms with E-state index in [1.807, 2.05) is 36.4 Å². The molecule has 2 atom stereocenters. The van der Waals surface area contributed by atoms with Crippen LogP contribution in [0.2, 0.25) is 0 Å². The van der Waals surface area contributed by atoms with Gasteiger partial charge in [0.05, 0.1) is 18.7 Å². The van der Waals surface area contributed by atoms with Crippen molar-refractivity contribution in [1.29, 1.82) is 0 Å². The number of carbonyl (C=O) groups excluding carboxylic acids is 1. The van der Waals surface area contributed by atoms with E-state index in [1.165, 1.54) is 0 Å². The fourth-order valence-electron chi connectivity index (χ4n) is 3.89. The number of carbonyl (C=O) groups is 1. The lowest BCUT2D eigenvalue weighted by molar-refractivity contribution is -0.123. The third-order valence-corrected chi connectivity index (χ3v) is 5.35. The molecule has 2 unspecified atom stereocenters. The Morgan fingerprint density at radius 2 is 1.97 bits per heavy atom. The van der Waals surface area contributed by atoms with Crippen LogP contribution >= 0.6 is 0 Å². The van der Waals surface area contributed by atoms with Crippen LogP contribution in [0.15, 0.2) is 54.6 Å². The SMILES string of the molecule is CCCC(NC(=O)CN(Cc1ccccc1O)CC1CCCO1)c1ccccc1. The van der Waals surface area contributed by atoms with Crippen LogP contribution in [0, 0.1) is 0 Å². The van der Waals surface area contributed by atoms with Gasteiger partial charge in [0.15, 0.2) is 0 Å². The maximum Gasteiger partial charge on any atom is 0.234 e. The molecule has 0 spiro atoms. The van der Waals surface area contributed by atoms with E-state index in [0.29, 0.717) is 13.1 Å². The van der Waals surface area contributed by atoms with Gasteiger partial charge in [0.25, 0.3) is 0 Å². The molecule has 0 aromatic heterocycles. The van der Waals surface area contributed by atoms with Crippen LogP contribution in [0.5, 0.6) is 5.75 Å². The topological polar surface area (TPSA) is 61.8 Å². The van der Waals surface area contributed by atoms with Crippen molar-refractivity contribution in [1.82, 2.24) is 10.2 Å². The van der Waals surface area contributed by atoms with Gasteiger partial charge < -0.3 is 15.2 Å². The molecule has 0 saturated carbocycles. The molecule has 0 bridgehead atoms. The fraction of sp³-hybridized carbons (Fsp3) is 0.458. The first kappa shape index (κ1) is 21.3. The Balaban J connectivity index is 1.66. The average molecular weight is 397 g/mol. The zero-order chi connectivity index (χ0) is 20.5. The van der Waals surface area contributed by atoms with Crippen LogP contribution in [0.1, 0.15) is 49.8 Å². The van der Waals surface area contributed by atoms with Crippen LogP contribution in [-0.4, -0.2) is 41.7 Å². The van der Waals surface area contributed by atoms with Crippen LogP contribution < -0.4 is 5.32 Å². The summed E-state index contributed by atoms with van der Waals surface area (Å²) in [5.74, 6) is 0.263. The summed E-state index contributed by atoms with van der Waals surface area (Å²) in [6.45, 7) is 4.40. The largest absolute Gasteiger partial charge is 0.508 e. The van der Waals surface area contributed by atoms with E-state index < -0.39 is 0 Å². The summed E-state index contributed by atoms with van der Waals surface area (Å²) in [6.07, 6.45) is 4.13. The Kier molecular flexibility index (Phi) is 8.08. The van der Waals surface area contributed by atoms with Gasteiger partial charge in [0, 0.05) is 25.3 Å². The minimum Gasteiger partial charge on any atom is -0.508 e. The summed E-state index contributed by atoms with van der Waals surface area (Å²) in [7, 11) is 0. The van der Waals surface area contributed by atoms with E-state index in [4.69, 9.17) is 4.74 Å². The number of para-hydroxylation sites is 1. The van der Waals surface area contributed by atoms with E-state index >= 15 is 0 Å². The smallest absolute Gasteiger partial charge is 0.234 e. The molecular formula is C24H32N2O3. The normalized spacial score (nSPS) is 17.4. The Bertz CT molecular complexity index is 760. The number of phenols is 1. The summed E-state index contributed by atoms with van der Waals surface area (Å²) < 4.78 is 5.79. The Hall–Kier alpha value is -2.37. The number of hydrogen-bond donors (Lipinski definition) is 2. The maximum atomic E-state index is 12.9. The highest BCUT2D eigenvalue weighted by Crippen LogP contribution is 2.21. The number of phenolic OH excluding ortho intramolecular Hbond substituents is 1.